The quantitative estimate of drug-likeness (QED) is 0.613. The van der Waals surface area contributed by atoms with E-state index in [1.54, 1.807) is 6.08 Å². The third kappa shape index (κ3) is 5.92. The number of hydrogen-bond acceptors (Lipinski definition) is 2. The van der Waals surface area contributed by atoms with Crippen LogP contribution in [0.25, 0.3) is 0 Å². The second-order valence-corrected chi connectivity index (χ2v) is 3.76. The van der Waals surface area contributed by atoms with E-state index >= 15 is 0 Å². The summed E-state index contributed by atoms with van der Waals surface area (Å²) in [5, 5.41) is 3.28. The van der Waals surface area contributed by atoms with Crippen LogP contribution in [0, 0.1) is 0 Å². The maximum atomic E-state index is 10.4. The zero-order valence-corrected chi connectivity index (χ0v) is 8.22. The lowest BCUT2D eigenvalue weighted by molar-refractivity contribution is -0.113. The molecule has 1 amide bonds. The fourth-order valence-corrected chi connectivity index (χ4v) is 1.08. The molecule has 0 rings (SSSR count). The molecule has 0 saturated carbocycles. The molecule has 0 aromatic heterocycles. The lowest BCUT2D eigenvalue weighted by Crippen LogP contribution is -2.42. The number of carbonyl (C=O) groups excluding carboxylic acids is 1. The summed E-state index contributed by atoms with van der Waals surface area (Å²) in [6.07, 6.45) is 3.16. The molecule has 0 saturated heterocycles. The summed E-state index contributed by atoms with van der Waals surface area (Å²) < 4.78 is 0. The first kappa shape index (κ1) is 11.2. The Morgan fingerprint density at radius 3 is 2.33 bits per heavy atom. The van der Waals surface area contributed by atoms with Crippen LogP contribution in [0.2, 0.25) is 0 Å². The topological polar surface area (TPSA) is 55.1 Å². The van der Waals surface area contributed by atoms with Crippen molar-refractivity contribution >= 4 is 5.91 Å². The first-order valence-electron chi connectivity index (χ1n) is 4.10. The molecule has 0 atom stereocenters. The van der Waals surface area contributed by atoms with Gasteiger partial charge in [-0.3, -0.25) is 4.79 Å². The molecule has 0 spiro atoms. The number of amides is 1. The molecule has 0 fully saturated rings. The highest BCUT2D eigenvalue weighted by atomic mass is 16.1. The van der Waals surface area contributed by atoms with E-state index in [0.717, 1.165) is 0 Å². The average molecular weight is 170 g/mol. The Kier molecular flexibility index (Phi) is 3.96. The molecule has 0 heterocycles. The first-order valence-corrected chi connectivity index (χ1v) is 4.10. The lowest BCUT2D eigenvalue weighted by Gasteiger charge is -2.24. The SMILES string of the molecule is CC(C)NC(C)(C)/C=C/C(N)=O. The van der Waals surface area contributed by atoms with Crippen LogP contribution in [0.5, 0.6) is 0 Å². The van der Waals surface area contributed by atoms with Gasteiger partial charge >= 0.3 is 0 Å². The van der Waals surface area contributed by atoms with Gasteiger partial charge in [0.2, 0.25) is 5.91 Å². The zero-order chi connectivity index (χ0) is 9.78. The maximum absolute atomic E-state index is 10.4. The van der Waals surface area contributed by atoms with Gasteiger partial charge in [0.15, 0.2) is 0 Å². The van der Waals surface area contributed by atoms with Gasteiger partial charge in [-0.05, 0) is 13.8 Å². The van der Waals surface area contributed by atoms with Crippen molar-refractivity contribution < 1.29 is 4.79 Å². The molecule has 0 radical (unpaired) electrons. The van der Waals surface area contributed by atoms with E-state index < -0.39 is 5.91 Å². The molecular weight excluding hydrogens is 152 g/mol. The molecule has 3 nitrogen and oxygen atoms in total. The van der Waals surface area contributed by atoms with E-state index in [1.807, 2.05) is 13.8 Å². The highest BCUT2D eigenvalue weighted by Gasteiger charge is 2.13. The Balaban J connectivity index is 4.12. The van der Waals surface area contributed by atoms with Crippen molar-refractivity contribution in [1.29, 1.82) is 0 Å². The van der Waals surface area contributed by atoms with Crippen molar-refractivity contribution in [2.75, 3.05) is 0 Å². The van der Waals surface area contributed by atoms with E-state index in [4.69, 9.17) is 5.73 Å². The molecule has 0 unspecified atom stereocenters. The van der Waals surface area contributed by atoms with Gasteiger partial charge in [-0.15, -0.1) is 0 Å². The molecule has 0 aromatic rings. The van der Waals surface area contributed by atoms with E-state index in [0.29, 0.717) is 6.04 Å². The van der Waals surface area contributed by atoms with Crippen molar-refractivity contribution in [3.05, 3.63) is 12.2 Å². The van der Waals surface area contributed by atoms with Gasteiger partial charge < -0.3 is 11.1 Å². The number of nitrogens with one attached hydrogen (secondary N) is 1. The van der Waals surface area contributed by atoms with Gasteiger partial charge in [0.25, 0.3) is 0 Å². The first-order chi connectivity index (χ1) is 5.33. The molecule has 0 aliphatic heterocycles. The van der Waals surface area contributed by atoms with E-state index in [1.165, 1.54) is 6.08 Å². The van der Waals surface area contributed by atoms with Gasteiger partial charge in [-0.1, -0.05) is 19.9 Å². The Morgan fingerprint density at radius 2 is 2.00 bits per heavy atom. The Hall–Kier alpha value is -0.830. The molecule has 3 N–H and O–H groups in total. The van der Waals surface area contributed by atoms with Crippen LogP contribution in [-0.4, -0.2) is 17.5 Å². The van der Waals surface area contributed by atoms with Gasteiger partial charge in [-0.25, -0.2) is 0 Å². The largest absolute Gasteiger partial charge is 0.366 e. The fraction of sp³-hybridized carbons (Fsp3) is 0.667. The Morgan fingerprint density at radius 1 is 1.50 bits per heavy atom. The molecule has 0 aliphatic carbocycles. The van der Waals surface area contributed by atoms with Crippen LogP contribution >= 0.6 is 0 Å². The number of rotatable bonds is 4. The van der Waals surface area contributed by atoms with Gasteiger partial charge in [0.1, 0.15) is 0 Å². The van der Waals surface area contributed by atoms with Crippen LogP contribution in [0.15, 0.2) is 12.2 Å². The number of nitrogens with two attached hydrogens (primary N) is 1. The van der Waals surface area contributed by atoms with Crippen molar-refractivity contribution in [2.45, 2.75) is 39.3 Å². The van der Waals surface area contributed by atoms with Gasteiger partial charge in [0.05, 0.1) is 0 Å². The summed E-state index contributed by atoms with van der Waals surface area (Å²) in [4.78, 5) is 10.4. The van der Waals surface area contributed by atoms with E-state index in [2.05, 4.69) is 19.2 Å². The highest BCUT2D eigenvalue weighted by molar-refractivity contribution is 5.85. The molecule has 0 aliphatic rings. The average Bonchev–Trinajstić information content (AvgIpc) is 1.81. The third-order valence-electron chi connectivity index (χ3n) is 1.32. The summed E-state index contributed by atoms with van der Waals surface area (Å²) >= 11 is 0. The fourth-order valence-electron chi connectivity index (χ4n) is 1.08. The Labute approximate surface area is 74.0 Å². The maximum Gasteiger partial charge on any atom is 0.241 e. The highest BCUT2D eigenvalue weighted by Crippen LogP contribution is 2.04. The molecular formula is C9H18N2O. The van der Waals surface area contributed by atoms with Crippen molar-refractivity contribution in [3.63, 3.8) is 0 Å². The summed E-state index contributed by atoms with van der Waals surface area (Å²) in [7, 11) is 0. The van der Waals surface area contributed by atoms with Crippen molar-refractivity contribution in [3.8, 4) is 0 Å². The van der Waals surface area contributed by atoms with Crippen LogP contribution in [0.4, 0.5) is 0 Å². The number of hydrogen-bond donors (Lipinski definition) is 2. The predicted molar refractivity (Wildman–Crippen MR) is 50.7 cm³/mol. The van der Waals surface area contributed by atoms with Crippen LogP contribution < -0.4 is 11.1 Å². The monoisotopic (exact) mass is 170 g/mol. The summed E-state index contributed by atoms with van der Waals surface area (Å²) in [6.45, 7) is 8.10. The molecule has 12 heavy (non-hydrogen) atoms. The van der Waals surface area contributed by atoms with Gasteiger partial charge in [0, 0.05) is 17.7 Å². The van der Waals surface area contributed by atoms with Crippen LogP contribution in [-0.2, 0) is 4.79 Å². The number of carbonyl (C=O) groups is 1. The summed E-state index contributed by atoms with van der Waals surface area (Å²) in [5.41, 5.74) is 4.80. The standard InChI is InChI=1S/C9H18N2O/c1-7(2)11-9(3,4)6-5-8(10)12/h5-7,11H,1-4H3,(H2,10,12)/b6-5+. The van der Waals surface area contributed by atoms with Crippen molar-refractivity contribution in [1.82, 2.24) is 5.32 Å². The molecule has 0 aromatic carbocycles. The van der Waals surface area contributed by atoms with Crippen molar-refractivity contribution in [2.24, 2.45) is 5.73 Å². The molecule has 70 valence electrons. The molecule has 3 heteroatoms. The van der Waals surface area contributed by atoms with E-state index in [-0.39, 0.29) is 5.54 Å². The second-order valence-electron chi connectivity index (χ2n) is 3.76. The van der Waals surface area contributed by atoms with Crippen LogP contribution in [0.3, 0.4) is 0 Å². The zero-order valence-electron chi connectivity index (χ0n) is 8.22. The molecule has 0 bridgehead atoms. The van der Waals surface area contributed by atoms with E-state index in [9.17, 15) is 4.79 Å². The van der Waals surface area contributed by atoms with Crippen LogP contribution in [0.1, 0.15) is 27.7 Å². The third-order valence-corrected chi connectivity index (χ3v) is 1.32. The minimum absolute atomic E-state index is 0.177. The summed E-state index contributed by atoms with van der Waals surface area (Å²) in [6, 6.07) is 0.387. The normalized spacial score (nSPS) is 12.8. The van der Waals surface area contributed by atoms with Gasteiger partial charge in [-0.2, -0.15) is 0 Å². The summed E-state index contributed by atoms with van der Waals surface area (Å²) in [5.74, 6) is -0.409. The number of primary amides is 1. The Bertz CT molecular complexity index is 183. The lowest BCUT2D eigenvalue weighted by atomic mass is 10.0. The predicted octanol–water partition coefficient (Wildman–Crippen LogP) is 0.804. The minimum Gasteiger partial charge on any atom is -0.366 e. The second kappa shape index (κ2) is 4.26. The smallest absolute Gasteiger partial charge is 0.241 e. The minimum atomic E-state index is -0.409.